The fourth-order valence-electron chi connectivity index (χ4n) is 1.89. The molecule has 2 amide bonds. The maximum Gasteiger partial charge on any atom is 0.319 e. The van der Waals surface area contributed by atoms with E-state index in [2.05, 4.69) is 20.9 Å². The Kier molecular flexibility index (Phi) is 5.71. The molecule has 0 aliphatic heterocycles. The van der Waals surface area contributed by atoms with Gasteiger partial charge in [-0.2, -0.15) is 6.92 Å². The molecule has 2 rings (SSSR count). The fraction of sp³-hybridized carbons (Fsp3) is 0.188. The molecule has 0 saturated carbocycles. The van der Waals surface area contributed by atoms with E-state index < -0.39 is 0 Å². The van der Waals surface area contributed by atoms with Crippen LogP contribution >= 0.6 is 0 Å². The monoisotopic (exact) mass is 301 g/mol. The number of amides is 2. The van der Waals surface area contributed by atoms with Crippen LogP contribution in [0, 0.1) is 12.4 Å². The topological polar surface area (TPSA) is 66.0 Å². The first-order valence-corrected chi connectivity index (χ1v) is 6.98. The maximum absolute atomic E-state index is 13.0. The molecule has 0 atom stereocenters. The SMILES string of the molecule is C[CH-]Nc1cccc(CCNC(=O)Nc2cccc(F)c2)n1. The summed E-state index contributed by atoms with van der Waals surface area (Å²) in [5, 5.41) is 8.30. The zero-order valence-electron chi connectivity index (χ0n) is 12.3. The van der Waals surface area contributed by atoms with Crippen molar-refractivity contribution >= 4 is 17.5 Å². The molecule has 6 heteroatoms. The number of anilines is 2. The summed E-state index contributed by atoms with van der Waals surface area (Å²) >= 11 is 0. The van der Waals surface area contributed by atoms with Crippen LogP contribution in [0.1, 0.15) is 12.6 Å². The van der Waals surface area contributed by atoms with Crippen LogP contribution in [0.2, 0.25) is 0 Å². The van der Waals surface area contributed by atoms with Crippen molar-refractivity contribution in [1.82, 2.24) is 10.3 Å². The summed E-state index contributed by atoms with van der Waals surface area (Å²) in [4.78, 5) is 16.1. The summed E-state index contributed by atoms with van der Waals surface area (Å²) in [5.74, 6) is 0.378. The highest BCUT2D eigenvalue weighted by molar-refractivity contribution is 5.89. The minimum absolute atomic E-state index is 0.373. The molecule has 0 bridgehead atoms. The van der Waals surface area contributed by atoms with Gasteiger partial charge >= 0.3 is 6.03 Å². The highest BCUT2D eigenvalue weighted by Crippen LogP contribution is 2.09. The molecule has 1 aromatic heterocycles. The number of halogens is 1. The maximum atomic E-state index is 13.0. The van der Waals surface area contributed by atoms with Gasteiger partial charge in [0.05, 0.1) is 5.82 Å². The summed E-state index contributed by atoms with van der Waals surface area (Å²) in [6.45, 7) is 4.12. The third-order valence-corrected chi connectivity index (χ3v) is 2.85. The number of nitrogens with one attached hydrogen (secondary N) is 3. The minimum atomic E-state index is -0.390. The smallest absolute Gasteiger partial charge is 0.319 e. The van der Waals surface area contributed by atoms with Crippen molar-refractivity contribution in [3.8, 4) is 0 Å². The Balaban J connectivity index is 1.78. The molecule has 0 aliphatic rings. The average Bonchev–Trinajstić information content (AvgIpc) is 2.48. The van der Waals surface area contributed by atoms with Gasteiger partial charge in [-0.25, -0.2) is 20.7 Å². The van der Waals surface area contributed by atoms with E-state index in [-0.39, 0.29) is 11.8 Å². The number of carbonyl (C=O) groups is 1. The second-order valence-electron chi connectivity index (χ2n) is 4.59. The number of benzene rings is 1. The second kappa shape index (κ2) is 7.97. The Labute approximate surface area is 129 Å². The molecule has 1 heterocycles. The van der Waals surface area contributed by atoms with Crippen LogP contribution in [0.3, 0.4) is 0 Å². The lowest BCUT2D eigenvalue weighted by atomic mass is 10.2. The van der Waals surface area contributed by atoms with Crippen LogP contribution in [-0.2, 0) is 6.42 Å². The standard InChI is InChI=1S/C16H18FN4O/c1-2-18-15-8-4-6-13(20-15)9-10-19-16(22)21-14-7-3-5-12(17)11-14/h2-8,11H,9-10H2,1H3,(H,18,20)(H2,19,21,22)/q-1. The zero-order valence-corrected chi connectivity index (χ0v) is 12.3. The molecule has 1 aromatic carbocycles. The quantitative estimate of drug-likeness (QED) is 0.718. The lowest BCUT2D eigenvalue weighted by Gasteiger charge is -2.12. The highest BCUT2D eigenvalue weighted by Gasteiger charge is 2.02. The molecule has 0 saturated heterocycles. The van der Waals surface area contributed by atoms with Crippen LogP contribution in [0.25, 0.3) is 0 Å². The van der Waals surface area contributed by atoms with Crippen LogP contribution in [0.4, 0.5) is 20.7 Å². The number of hydrogen-bond donors (Lipinski definition) is 3. The van der Waals surface area contributed by atoms with Crippen molar-refractivity contribution in [1.29, 1.82) is 0 Å². The number of urea groups is 1. The fourth-order valence-corrected chi connectivity index (χ4v) is 1.89. The lowest BCUT2D eigenvalue weighted by Crippen LogP contribution is -2.30. The summed E-state index contributed by atoms with van der Waals surface area (Å²) in [7, 11) is 0. The third kappa shape index (κ3) is 5.05. The summed E-state index contributed by atoms with van der Waals surface area (Å²) in [6, 6.07) is 11.0. The van der Waals surface area contributed by atoms with Gasteiger partial charge in [0.15, 0.2) is 0 Å². The number of nitrogens with zero attached hydrogens (tertiary/aromatic N) is 1. The van der Waals surface area contributed by atoms with E-state index in [9.17, 15) is 9.18 Å². The largest absolute Gasteiger partial charge is 0.520 e. The first kappa shape index (κ1) is 15.8. The third-order valence-electron chi connectivity index (χ3n) is 2.85. The van der Waals surface area contributed by atoms with Gasteiger partial charge in [-0.3, -0.25) is 0 Å². The number of hydrogen-bond acceptors (Lipinski definition) is 3. The Hall–Kier alpha value is -2.63. The number of aromatic nitrogens is 1. The molecule has 0 aliphatic carbocycles. The van der Waals surface area contributed by atoms with E-state index in [0.717, 1.165) is 11.5 Å². The number of pyridine rings is 1. The molecular weight excluding hydrogens is 283 g/mol. The normalized spacial score (nSPS) is 10.1. The average molecular weight is 301 g/mol. The first-order chi connectivity index (χ1) is 10.7. The van der Waals surface area contributed by atoms with Gasteiger partial charge in [-0.05, 0) is 30.3 Å². The zero-order chi connectivity index (χ0) is 15.8. The first-order valence-electron chi connectivity index (χ1n) is 6.98. The van der Waals surface area contributed by atoms with Gasteiger partial charge in [0.2, 0.25) is 0 Å². The van der Waals surface area contributed by atoms with Gasteiger partial charge < -0.3 is 16.0 Å². The Bertz CT molecular complexity index is 633. The van der Waals surface area contributed by atoms with Gasteiger partial charge in [0.25, 0.3) is 0 Å². The molecule has 116 valence electrons. The van der Waals surface area contributed by atoms with Crippen LogP contribution in [0.15, 0.2) is 42.5 Å². The molecule has 0 spiro atoms. The van der Waals surface area contributed by atoms with Crippen molar-refractivity contribution in [2.45, 2.75) is 13.3 Å². The van der Waals surface area contributed by atoms with E-state index in [0.29, 0.717) is 18.7 Å². The van der Waals surface area contributed by atoms with Gasteiger partial charge in [0.1, 0.15) is 5.82 Å². The van der Waals surface area contributed by atoms with Crippen molar-refractivity contribution in [3.63, 3.8) is 0 Å². The summed E-state index contributed by atoms with van der Waals surface area (Å²) in [6.07, 6.45) is 0.607. The number of carbonyl (C=O) groups excluding carboxylic acids is 1. The molecule has 3 N–H and O–H groups in total. The van der Waals surface area contributed by atoms with E-state index >= 15 is 0 Å². The molecule has 0 fully saturated rings. The molecule has 22 heavy (non-hydrogen) atoms. The van der Waals surface area contributed by atoms with Crippen molar-refractivity contribution < 1.29 is 9.18 Å². The number of rotatable bonds is 6. The van der Waals surface area contributed by atoms with E-state index in [4.69, 9.17) is 0 Å². The molecule has 5 nitrogen and oxygen atoms in total. The van der Waals surface area contributed by atoms with Crippen molar-refractivity contribution in [2.75, 3.05) is 17.2 Å². The lowest BCUT2D eigenvalue weighted by molar-refractivity contribution is 0.252. The van der Waals surface area contributed by atoms with Crippen LogP contribution < -0.4 is 16.0 Å². The van der Waals surface area contributed by atoms with Crippen molar-refractivity contribution in [2.24, 2.45) is 0 Å². The van der Waals surface area contributed by atoms with Crippen molar-refractivity contribution in [3.05, 3.63) is 60.5 Å². The van der Waals surface area contributed by atoms with E-state index in [1.54, 1.807) is 12.6 Å². The van der Waals surface area contributed by atoms with E-state index in [1.807, 2.05) is 25.1 Å². The molecule has 2 aromatic rings. The highest BCUT2D eigenvalue weighted by atomic mass is 19.1. The Morgan fingerprint density at radius 2 is 2.09 bits per heavy atom. The van der Waals surface area contributed by atoms with Gasteiger partial charge in [-0.15, -0.1) is 0 Å². The molecule has 0 radical (unpaired) electrons. The molecular formula is C16H18FN4O-. The molecule has 0 unspecified atom stereocenters. The Morgan fingerprint density at radius 1 is 1.27 bits per heavy atom. The predicted molar refractivity (Wildman–Crippen MR) is 85.0 cm³/mol. The Morgan fingerprint density at radius 3 is 2.86 bits per heavy atom. The van der Waals surface area contributed by atoms with E-state index in [1.165, 1.54) is 18.2 Å². The minimum Gasteiger partial charge on any atom is -0.520 e. The summed E-state index contributed by atoms with van der Waals surface area (Å²) in [5.41, 5.74) is 1.29. The van der Waals surface area contributed by atoms with Crippen LogP contribution in [0.5, 0.6) is 0 Å². The summed E-state index contributed by atoms with van der Waals surface area (Å²) < 4.78 is 13.0. The van der Waals surface area contributed by atoms with Gasteiger partial charge in [-0.1, -0.05) is 12.1 Å². The second-order valence-corrected chi connectivity index (χ2v) is 4.59. The van der Waals surface area contributed by atoms with Gasteiger partial charge in [0, 0.05) is 24.3 Å². The van der Waals surface area contributed by atoms with Crippen LogP contribution in [-0.4, -0.2) is 17.6 Å². The predicted octanol–water partition coefficient (Wildman–Crippen LogP) is 3.18.